The topological polar surface area (TPSA) is 87.7 Å². The van der Waals surface area contributed by atoms with Crippen molar-refractivity contribution in [2.24, 2.45) is 0 Å². The van der Waals surface area contributed by atoms with Crippen LogP contribution in [-0.2, 0) is 14.8 Å². The van der Waals surface area contributed by atoms with Crippen LogP contribution in [0.5, 0.6) is 0 Å². The van der Waals surface area contributed by atoms with Crippen molar-refractivity contribution in [3.05, 3.63) is 29.3 Å². The number of rotatable bonds is 6. The molecule has 2 saturated heterocycles. The van der Waals surface area contributed by atoms with Gasteiger partial charge in [-0.1, -0.05) is 6.07 Å². The monoisotopic (exact) mass is 381 g/mol. The van der Waals surface area contributed by atoms with E-state index in [-0.39, 0.29) is 29.4 Å². The summed E-state index contributed by atoms with van der Waals surface area (Å²) in [4.78, 5) is 15.3. The number of methoxy groups -OCH3 is 1. The van der Waals surface area contributed by atoms with Crippen molar-refractivity contribution in [2.75, 3.05) is 33.4 Å². The molecule has 2 aliphatic heterocycles. The van der Waals surface area contributed by atoms with Gasteiger partial charge in [-0.25, -0.2) is 13.1 Å². The molecule has 2 fully saturated rings. The summed E-state index contributed by atoms with van der Waals surface area (Å²) in [5.74, 6) is -0.0624. The highest BCUT2D eigenvalue weighted by Crippen LogP contribution is 2.30. The van der Waals surface area contributed by atoms with Gasteiger partial charge in [0.1, 0.15) is 0 Å². The molecule has 3 rings (SSSR count). The third kappa shape index (κ3) is 3.93. The van der Waals surface area contributed by atoms with Crippen LogP contribution < -0.4 is 10.0 Å². The summed E-state index contributed by atoms with van der Waals surface area (Å²) in [5, 5.41) is 3.38. The highest BCUT2D eigenvalue weighted by atomic mass is 32.2. The molecule has 2 bridgehead atoms. The Morgan fingerprint density at radius 3 is 2.85 bits per heavy atom. The number of hydrogen-bond donors (Lipinski definition) is 2. The fourth-order valence-electron chi connectivity index (χ4n) is 3.81. The summed E-state index contributed by atoms with van der Waals surface area (Å²) in [6.07, 6.45) is 2.96. The summed E-state index contributed by atoms with van der Waals surface area (Å²) in [7, 11) is -2.15. The fourth-order valence-corrected chi connectivity index (χ4v) is 4.85. The van der Waals surface area contributed by atoms with E-state index in [1.54, 1.807) is 12.1 Å². The smallest absolute Gasteiger partial charge is 0.254 e. The van der Waals surface area contributed by atoms with Crippen LogP contribution in [0.15, 0.2) is 23.1 Å². The van der Waals surface area contributed by atoms with Gasteiger partial charge >= 0.3 is 0 Å². The van der Waals surface area contributed by atoms with Crippen LogP contribution in [0, 0.1) is 6.92 Å². The van der Waals surface area contributed by atoms with Crippen molar-refractivity contribution < 1.29 is 17.9 Å². The Balaban J connectivity index is 1.87. The van der Waals surface area contributed by atoms with Crippen LogP contribution in [-0.4, -0.2) is 64.7 Å². The largest absolute Gasteiger partial charge is 0.383 e. The van der Waals surface area contributed by atoms with Crippen LogP contribution in [0.4, 0.5) is 0 Å². The van der Waals surface area contributed by atoms with E-state index >= 15 is 0 Å². The lowest BCUT2D eigenvalue weighted by molar-refractivity contribution is 0.0679. The number of nitrogens with zero attached hydrogens (tertiary/aromatic N) is 1. The van der Waals surface area contributed by atoms with Gasteiger partial charge in [-0.05, 0) is 50.4 Å². The molecule has 1 aromatic rings. The van der Waals surface area contributed by atoms with E-state index in [1.807, 2.05) is 11.8 Å². The van der Waals surface area contributed by atoms with E-state index in [4.69, 9.17) is 4.74 Å². The van der Waals surface area contributed by atoms with Gasteiger partial charge in [0.15, 0.2) is 0 Å². The molecule has 2 N–H and O–H groups in total. The molecule has 1 amide bonds. The normalized spacial score (nSPS) is 23.1. The molecule has 7 nitrogen and oxygen atoms in total. The zero-order valence-corrected chi connectivity index (χ0v) is 16.1. The zero-order chi connectivity index (χ0) is 18.7. The number of nitrogens with one attached hydrogen (secondary N) is 2. The number of ether oxygens (including phenoxy) is 1. The Bertz CT molecular complexity index is 752. The maximum atomic E-state index is 13.2. The molecule has 0 spiro atoms. The maximum absolute atomic E-state index is 13.2. The second-order valence-electron chi connectivity index (χ2n) is 6.96. The van der Waals surface area contributed by atoms with Gasteiger partial charge in [0.05, 0.1) is 11.5 Å². The standard InChI is InChI=1S/C18H27N3O4S/c1-13-3-6-16(26(23,24)20-9-10-25-2)11-17(13)18(22)21-14-4-5-15(21)12-19-8-7-14/h3,6,11,14-15,19-20H,4-5,7-10,12H2,1-2H3. The van der Waals surface area contributed by atoms with Crippen LogP contribution in [0.2, 0.25) is 0 Å². The van der Waals surface area contributed by atoms with E-state index in [0.717, 1.165) is 37.9 Å². The second kappa shape index (κ2) is 8.04. The number of hydrogen-bond acceptors (Lipinski definition) is 5. The number of carbonyl (C=O) groups excluding carboxylic acids is 1. The zero-order valence-electron chi connectivity index (χ0n) is 15.3. The third-order valence-electron chi connectivity index (χ3n) is 5.24. The first-order valence-corrected chi connectivity index (χ1v) is 10.5. The molecule has 0 saturated carbocycles. The summed E-state index contributed by atoms with van der Waals surface area (Å²) in [6, 6.07) is 5.18. The summed E-state index contributed by atoms with van der Waals surface area (Å²) in [6.45, 7) is 4.05. The Hall–Kier alpha value is -1.48. The highest BCUT2D eigenvalue weighted by molar-refractivity contribution is 7.89. The average molecular weight is 381 g/mol. The first kappa shape index (κ1) is 19.3. The molecule has 2 heterocycles. The number of carbonyl (C=O) groups is 1. The third-order valence-corrected chi connectivity index (χ3v) is 6.70. The lowest BCUT2D eigenvalue weighted by Crippen LogP contribution is -2.42. The number of sulfonamides is 1. The SMILES string of the molecule is COCCNS(=O)(=O)c1ccc(C)c(C(=O)N2C3CCNCC2CC3)c1. The highest BCUT2D eigenvalue weighted by Gasteiger charge is 2.38. The second-order valence-corrected chi connectivity index (χ2v) is 8.72. The van der Waals surface area contributed by atoms with Gasteiger partial charge in [-0.2, -0.15) is 0 Å². The van der Waals surface area contributed by atoms with Crippen molar-refractivity contribution in [3.8, 4) is 0 Å². The van der Waals surface area contributed by atoms with E-state index < -0.39 is 10.0 Å². The number of amides is 1. The van der Waals surface area contributed by atoms with Crippen LogP contribution in [0.1, 0.15) is 35.2 Å². The first-order valence-electron chi connectivity index (χ1n) is 9.06. The van der Waals surface area contributed by atoms with Gasteiger partial charge in [-0.3, -0.25) is 4.79 Å². The molecule has 2 aliphatic rings. The lowest BCUT2D eigenvalue weighted by atomic mass is 10.1. The quantitative estimate of drug-likeness (QED) is 0.715. The minimum atomic E-state index is -3.67. The number of fused-ring (bicyclic) bond motifs is 2. The maximum Gasteiger partial charge on any atom is 0.254 e. The Labute approximate surface area is 155 Å². The summed E-state index contributed by atoms with van der Waals surface area (Å²) in [5.41, 5.74) is 1.26. The number of aryl methyl sites for hydroxylation is 1. The van der Waals surface area contributed by atoms with Gasteiger partial charge in [0.2, 0.25) is 10.0 Å². The molecule has 26 heavy (non-hydrogen) atoms. The summed E-state index contributed by atoms with van der Waals surface area (Å²) >= 11 is 0. The predicted molar refractivity (Wildman–Crippen MR) is 98.7 cm³/mol. The van der Waals surface area contributed by atoms with E-state index in [0.29, 0.717) is 12.2 Å². The molecule has 8 heteroatoms. The average Bonchev–Trinajstić information content (AvgIpc) is 2.87. The minimum absolute atomic E-state index is 0.0624. The van der Waals surface area contributed by atoms with E-state index in [2.05, 4.69) is 10.0 Å². The van der Waals surface area contributed by atoms with Crippen molar-refractivity contribution in [3.63, 3.8) is 0 Å². The van der Waals surface area contributed by atoms with Crippen molar-refractivity contribution in [2.45, 2.75) is 43.2 Å². The molecule has 2 unspecified atom stereocenters. The lowest BCUT2D eigenvalue weighted by Gasteiger charge is -2.28. The predicted octanol–water partition coefficient (Wildman–Crippen LogP) is 0.886. The molecule has 0 radical (unpaired) electrons. The Kier molecular flexibility index (Phi) is 5.96. The number of benzene rings is 1. The Morgan fingerprint density at radius 1 is 1.31 bits per heavy atom. The first-order chi connectivity index (χ1) is 12.4. The summed E-state index contributed by atoms with van der Waals surface area (Å²) < 4.78 is 32.3. The molecule has 144 valence electrons. The van der Waals surface area contributed by atoms with Crippen LogP contribution in [0.3, 0.4) is 0 Å². The van der Waals surface area contributed by atoms with Crippen LogP contribution in [0.25, 0.3) is 0 Å². The molecular formula is C18H27N3O4S. The van der Waals surface area contributed by atoms with Gasteiger partial charge in [0, 0.05) is 37.8 Å². The molecular weight excluding hydrogens is 354 g/mol. The van der Waals surface area contributed by atoms with Gasteiger partial charge < -0.3 is 15.0 Å². The van der Waals surface area contributed by atoms with Crippen molar-refractivity contribution in [1.82, 2.24) is 14.9 Å². The van der Waals surface area contributed by atoms with E-state index in [1.165, 1.54) is 13.2 Å². The molecule has 2 atom stereocenters. The fraction of sp³-hybridized carbons (Fsp3) is 0.611. The van der Waals surface area contributed by atoms with Crippen molar-refractivity contribution in [1.29, 1.82) is 0 Å². The molecule has 0 aliphatic carbocycles. The molecule has 1 aromatic carbocycles. The Morgan fingerprint density at radius 2 is 2.08 bits per heavy atom. The molecule has 0 aromatic heterocycles. The van der Waals surface area contributed by atoms with Gasteiger partial charge in [-0.15, -0.1) is 0 Å². The van der Waals surface area contributed by atoms with Crippen molar-refractivity contribution >= 4 is 15.9 Å². The van der Waals surface area contributed by atoms with E-state index in [9.17, 15) is 13.2 Å². The minimum Gasteiger partial charge on any atom is -0.383 e. The van der Waals surface area contributed by atoms with Crippen LogP contribution >= 0.6 is 0 Å². The van der Waals surface area contributed by atoms with Gasteiger partial charge in [0.25, 0.3) is 5.91 Å².